The first-order valence-electron chi connectivity index (χ1n) is 5.75. The highest BCUT2D eigenvalue weighted by Gasteiger charge is 2.16. The van der Waals surface area contributed by atoms with Crippen molar-refractivity contribution in [3.05, 3.63) is 0 Å². The predicted molar refractivity (Wildman–Crippen MR) is 61.5 cm³/mol. The van der Waals surface area contributed by atoms with Crippen LogP contribution in [0.15, 0.2) is 0 Å². The first kappa shape index (κ1) is 13.3. The Morgan fingerprint density at radius 2 is 2.19 bits per heavy atom. The highest BCUT2D eigenvalue weighted by molar-refractivity contribution is 5.67. The van der Waals surface area contributed by atoms with Gasteiger partial charge in [0, 0.05) is 25.7 Å². The van der Waals surface area contributed by atoms with Crippen molar-refractivity contribution >= 4 is 6.09 Å². The third-order valence-corrected chi connectivity index (χ3v) is 2.16. The SMILES string of the molecule is CC(C)(C)OC(=O)NCCNC1CCOC1. The average molecular weight is 230 g/mol. The molecule has 0 aromatic heterocycles. The van der Waals surface area contributed by atoms with Crippen LogP contribution in [0.2, 0.25) is 0 Å². The van der Waals surface area contributed by atoms with Crippen molar-refractivity contribution in [2.45, 2.75) is 38.8 Å². The van der Waals surface area contributed by atoms with E-state index >= 15 is 0 Å². The maximum absolute atomic E-state index is 11.3. The van der Waals surface area contributed by atoms with E-state index in [9.17, 15) is 4.79 Å². The molecule has 2 N–H and O–H groups in total. The van der Waals surface area contributed by atoms with Crippen LogP contribution in [0.1, 0.15) is 27.2 Å². The number of hydrogen-bond donors (Lipinski definition) is 2. The van der Waals surface area contributed by atoms with Gasteiger partial charge in [-0.2, -0.15) is 0 Å². The monoisotopic (exact) mass is 230 g/mol. The third kappa shape index (κ3) is 5.92. The standard InChI is InChI=1S/C11H22N2O3/c1-11(2,3)16-10(14)13-6-5-12-9-4-7-15-8-9/h9,12H,4-8H2,1-3H3,(H,13,14). The van der Waals surface area contributed by atoms with E-state index in [1.165, 1.54) is 0 Å². The minimum absolute atomic E-state index is 0.364. The molecule has 1 heterocycles. The van der Waals surface area contributed by atoms with E-state index in [4.69, 9.17) is 9.47 Å². The van der Waals surface area contributed by atoms with E-state index in [1.807, 2.05) is 20.8 Å². The lowest BCUT2D eigenvalue weighted by atomic mass is 10.2. The van der Waals surface area contributed by atoms with E-state index in [1.54, 1.807) is 0 Å². The molecule has 1 amide bonds. The Labute approximate surface area is 96.9 Å². The van der Waals surface area contributed by atoms with Gasteiger partial charge in [0.15, 0.2) is 0 Å². The molecule has 0 aromatic carbocycles. The summed E-state index contributed by atoms with van der Waals surface area (Å²) in [5.41, 5.74) is -0.434. The lowest BCUT2D eigenvalue weighted by molar-refractivity contribution is 0.0528. The number of amides is 1. The van der Waals surface area contributed by atoms with E-state index in [0.717, 1.165) is 26.2 Å². The van der Waals surface area contributed by atoms with Crippen molar-refractivity contribution in [1.82, 2.24) is 10.6 Å². The summed E-state index contributed by atoms with van der Waals surface area (Å²) >= 11 is 0. The zero-order chi connectivity index (χ0) is 12.0. The van der Waals surface area contributed by atoms with Crippen LogP contribution in [0.25, 0.3) is 0 Å². The maximum atomic E-state index is 11.3. The van der Waals surface area contributed by atoms with Crippen molar-refractivity contribution in [2.75, 3.05) is 26.3 Å². The summed E-state index contributed by atoms with van der Waals surface area (Å²) in [4.78, 5) is 11.3. The van der Waals surface area contributed by atoms with Gasteiger partial charge in [-0.15, -0.1) is 0 Å². The van der Waals surface area contributed by atoms with Gasteiger partial charge in [0.1, 0.15) is 5.60 Å². The summed E-state index contributed by atoms with van der Waals surface area (Å²) in [6.45, 7) is 8.46. The Kier molecular flexibility index (Phi) is 5.02. The molecule has 0 spiro atoms. The molecular formula is C11H22N2O3. The summed E-state index contributed by atoms with van der Waals surface area (Å²) in [5.74, 6) is 0. The second-order valence-electron chi connectivity index (χ2n) is 4.94. The smallest absolute Gasteiger partial charge is 0.407 e. The number of nitrogens with one attached hydrogen (secondary N) is 2. The van der Waals surface area contributed by atoms with Crippen LogP contribution in [-0.2, 0) is 9.47 Å². The fraction of sp³-hybridized carbons (Fsp3) is 0.909. The predicted octanol–water partition coefficient (Wildman–Crippen LogP) is 0.890. The van der Waals surface area contributed by atoms with Crippen LogP contribution in [0, 0.1) is 0 Å². The fourth-order valence-electron chi connectivity index (χ4n) is 1.45. The number of hydrogen-bond acceptors (Lipinski definition) is 4. The molecule has 1 aliphatic rings. The lowest BCUT2D eigenvalue weighted by Gasteiger charge is -2.20. The maximum Gasteiger partial charge on any atom is 0.407 e. The lowest BCUT2D eigenvalue weighted by Crippen LogP contribution is -2.39. The summed E-state index contributed by atoms with van der Waals surface area (Å²) in [7, 11) is 0. The Bertz CT molecular complexity index is 220. The molecule has 1 atom stereocenters. The molecule has 1 aliphatic heterocycles. The number of carbonyl (C=O) groups excluding carboxylic acids is 1. The summed E-state index contributed by atoms with van der Waals surface area (Å²) in [5, 5.41) is 6.00. The van der Waals surface area contributed by atoms with Gasteiger partial charge in [0.25, 0.3) is 0 Å². The van der Waals surface area contributed by atoms with Crippen LogP contribution >= 0.6 is 0 Å². The van der Waals surface area contributed by atoms with Crippen molar-refractivity contribution in [2.24, 2.45) is 0 Å². The number of rotatable bonds is 4. The Hall–Kier alpha value is -0.810. The van der Waals surface area contributed by atoms with Gasteiger partial charge in [-0.3, -0.25) is 0 Å². The van der Waals surface area contributed by atoms with Gasteiger partial charge in [0.2, 0.25) is 0 Å². The van der Waals surface area contributed by atoms with Gasteiger partial charge in [-0.05, 0) is 27.2 Å². The molecule has 16 heavy (non-hydrogen) atoms. The van der Waals surface area contributed by atoms with E-state index in [0.29, 0.717) is 12.6 Å². The summed E-state index contributed by atoms with van der Waals surface area (Å²) < 4.78 is 10.3. The third-order valence-electron chi connectivity index (χ3n) is 2.16. The van der Waals surface area contributed by atoms with Crippen LogP contribution in [0.3, 0.4) is 0 Å². The van der Waals surface area contributed by atoms with Crippen LogP contribution in [-0.4, -0.2) is 44.0 Å². The van der Waals surface area contributed by atoms with Crippen LogP contribution in [0.4, 0.5) is 4.79 Å². The molecule has 5 heteroatoms. The molecule has 94 valence electrons. The van der Waals surface area contributed by atoms with Gasteiger partial charge < -0.3 is 20.1 Å². The first-order valence-corrected chi connectivity index (χ1v) is 5.75. The molecule has 0 radical (unpaired) electrons. The first-order chi connectivity index (χ1) is 7.47. The number of alkyl carbamates (subject to hydrolysis) is 1. The minimum atomic E-state index is -0.434. The molecule has 5 nitrogen and oxygen atoms in total. The molecule has 1 rings (SSSR count). The molecular weight excluding hydrogens is 208 g/mol. The molecule has 0 aliphatic carbocycles. The molecule has 0 bridgehead atoms. The van der Waals surface area contributed by atoms with Gasteiger partial charge >= 0.3 is 6.09 Å². The average Bonchev–Trinajstić information content (AvgIpc) is 2.62. The van der Waals surface area contributed by atoms with Crippen molar-refractivity contribution < 1.29 is 14.3 Å². The highest BCUT2D eigenvalue weighted by atomic mass is 16.6. The molecule has 1 unspecified atom stereocenters. The Morgan fingerprint density at radius 1 is 1.44 bits per heavy atom. The minimum Gasteiger partial charge on any atom is -0.444 e. The van der Waals surface area contributed by atoms with E-state index in [-0.39, 0.29) is 6.09 Å². The largest absolute Gasteiger partial charge is 0.444 e. The van der Waals surface area contributed by atoms with Gasteiger partial charge in [0.05, 0.1) is 6.61 Å². The summed E-state index contributed by atoms with van der Waals surface area (Å²) in [6.07, 6.45) is 0.684. The zero-order valence-electron chi connectivity index (χ0n) is 10.3. The van der Waals surface area contributed by atoms with Crippen molar-refractivity contribution in [3.8, 4) is 0 Å². The number of carbonyl (C=O) groups is 1. The van der Waals surface area contributed by atoms with Gasteiger partial charge in [-0.1, -0.05) is 0 Å². The van der Waals surface area contributed by atoms with Crippen molar-refractivity contribution in [1.29, 1.82) is 0 Å². The van der Waals surface area contributed by atoms with Gasteiger partial charge in [-0.25, -0.2) is 4.79 Å². The van der Waals surface area contributed by atoms with Crippen LogP contribution in [0.5, 0.6) is 0 Å². The molecule has 1 fully saturated rings. The fourth-order valence-corrected chi connectivity index (χ4v) is 1.45. The second kappa shape index (κ2) is 6.06. The topological polar surface area (TPSA) is 59.6 Å². The van der Waals surface area contributed by atoms with Crippen LogP contribution < -0.4 is 10.6 Å². The second-order valence-corrected chi connectivity index (χ2v) is 4.94. The number of ether oxygens (including phenoxy) is 2. The molecule has 0 aromatic rings. The quantitative estimate of drug-likeness (QED) is 0.704. The highest BCUT2D eigenvalue weighted by Crippen LogP contribution is 2.06. The van der Waals surface area contributed by atoms with Crippen molar-refractivity contribution in [3.63, 3.8) is 0 Å². The molecule has 1 saturated heterocycles. The Balaban J connectivity index is 2.00. The van der Waals surface area contributed by atoms with E-state index in [2.05, 4.69) is 10.6 Å². The Morgan fingerprint density at radius 3 is 2.75 bits per heavy atom. The molecule has 0 saturated carbocycles. The summed E-state index contributed by atoms with van der Waals surface area (Å²) in [6, 6.07) is 0.431. The van der Waals surface area contributed by atoms with E-state index < -0.39 is 5.60 Å². The normalized spacial score (nSPS) is 20.8. The zero-order valence-corrected chi connectivity index (χ0v) is 10.3.